The quantitative estimate of drug-likeness (QED) is 0.452. The number of fused-ring (bicyclic) bond motifs is 1. The van der Waals surface area contributed by atoms with Gasteiger partial charge in [0, 0.05) is 10.9 Å². The first kappa shape index (κ1) is 18.9. The first-order chi connectivity index (χ1) is 14.1. The minimum atomic E-state index is -0.244. The molecule has 2 aromatic heterocycles. The average Bonchev–Trinajstić information content (AvgIpc) is 3.21. The Morgan fingerprint density at radius 2 is 1.86 bits per heavy atom. The van der Waals surface area contributed by atoms with Crippen molar-refractivity contribution in [2.75, 3.05) is 14.2 Å². The SMILES string of the molecule is COc1ccc(C(=O)Cn2cnc3sc(-c4ccccc4)cc3c2=O)c(OC)c1. The van der Waals surface area contributed by atoms with E-state index in [0.717, 1.165) is 10.4 Å². The molecule has 0 radical (unpaired) electrons. The third-order valence-corrected chi connectivity index (χ3v) is 5.69. The standard InChI is InChI=1S/C22H18N2O4S/c1-27-15-8-9-16(19(10-15)28-2)18(25)12-24-13-23-21-17(22(24)26)11-20(29-21)14-6-4-3-5-7-14/h3-11,13H,12H2,1-2H3. The maximum absolute atomic E-state index is 12.9. The largest absolute Gasteiger partial charge is 0.497 e. The molecule has 0 amide bonds. The molecule has 0 unspecified atom stereocenters. The number of thiophene rings is 1. The maximum atomic E-state index is 12.9. The summed E-state index contributed by atoms with van der Waals surface area (Å²) in [6.45, 7) is -0.124. The molecule has 7 heteroatoms. The first-order valence-corrected chi connectivity index (χ1v) is 9.72. The van der Waals surface area contributed by atoms with E-state index in [-0.39, 0.29) is 17.9 Å². The Morgan fingerprint density at radius 1 is 1.07 bits per heavy atom. The van der Waals surface area contributed by atoms with E-state index in [0.29, 0.717) is 27.3 Å². The molecule has 0 atom stereocenters. The molecule has 0 fully saturated rings. The molecule has 0 N–H and O–H groups in total. The van der Waals surface area contributed by atoms with E-state index < -0.39 is 0 Å². The molecule has 2 aromatic carbocycles. The molecule has 0 saturated carbocycles. The number of hydrogen-bond acceptors (Lipinski definition) is 6. The number of carbonyl (C=O) groups is 1. The van der Waals surface area contributed by atoms with Gasteiger partial charge in [0.25, 0.3) is 5.56 Å². The van der Waals surface area contributed by atoms with Gasteiger partial charge in [0.05, 0.1) is 38.0 Å². The number of aromatic nitrogens is 2. The van der Waals surface area contributed by atoms with Gasteiger partial charge >= 0.3 is 0 Å². The summed E-state index contributed by atoms with van der Waals surface area (Å²) < 4.78 is 11.8. The fraction of sp³-hybridized carbons (Fsp3) is 0.136. The maximum Gasteiger partial charge on any atom is 0.262 e. The highest BCUT2D eigenvalue weighted by Crippen LogP contribution is 2.30. The van der Waals surface area contributed by atoms with Crippen molar-refractivity contribution in [1.29, 1.82) is 0 Å². The number of rotatable bonds is 6. The van der Waals surface area contributed by atoms with E-state index in [4.69, 9.17) is 9.47 Å². The van der Waals surface area contributed by atoms with Gasteiger partial charge in [-0.2, -0.15) is 0 Å². The van der Waals surface area contributed by atoms with Crippen LogP contribution in [0.15, 0.2) is 65.7 Å². The van der Waals surface area contributed by atoms with E-state index >= 15 is 0 Å². The van der Waals surface area contributed by atoms with Crippen molar-refractivity contribution in [3.63, 3.8) is 0 Å². The minimum Gasteiger partial charge on any atom is -0.497 e. The van der Waals surface area contributed by atoms with Crippen LogP contribution >= 0.6 is 11.3 Å². The zero-order chi connectivity index (χ0) is 20.4. The van der Waals surface area contributed by atoms with Crippen molar-refractivity contribution in [3.8, 4) is 21.9 Å². The number of ketones is 1. The molecule has 4 rings (SSSR count). The third kappa shape index (κ3) is 3.64. The highest BCUT2D eigenvalue weighted by molar-refractivity contribution is 7.21. The molecule has 0 aliphatic rings. The summed E-state index contributed by atoms with van der Waals surface area (Å²) in [5.74, 6) is 0.745. The van der Waals surface area contributed by atoms with Crippen LogP contribution in [0.4, 0.5) is 0 Å². The zero-order valence-corrected chi connectivity index (χ0v) is 16.7. The van der Waals surface area contributed by atoms with E-state index in [2.05, 4.69) is 4.98 Å². The normalized spacial score (nSPS) is 10.8. The molecule has 0 saturated heterocycles. The Balaban J connectivity index is 1.67. The molecule has 29 heavy (non-hydrogen) atoms. The van der Waals surface area contributed by atoms with Crippen molar-refractivity contribution in [3.05, 3.63) is 76.8 Å². The predicted octanol–water partition coefficient (Wildman–Crippen LogP) is 4.03. The number of nitrogens with zero attached hydrogens (tertiary/aromatic N) is 2. The minimum absolute atomic E-state index is 0.124. The molecule has 0 aliphatic carbocycles. The summed E-state index contributed by atoms with van der Waals surface area (Å²) in [6, 6.07) is 16.6. The third-order valence-electron chi connectivity index (χ3n) is 4.60. The second kappa shape index (κ2) is 7.89. The van der Waals surface area contributed by atoms with Crippen LogP contribution < -0.4 is 15.0 Å². The van der Waals surface area contributed by atoms with Gasteiger partial charge in [0.15, 0.2) is 5.78 Å². The summed E-state index contributed by atoms with van der Waals surface area (Å²) in [6.07, 6.45) is 1.42. The summed E-state index contributed by atoms with van der Waals surface area (Å²) in [5.41, 5.74) is 1.17. The van der Waals surface area contributed by atoms with Gasteiger partial charge in [-0.05, 0) is 23.8 Å². The highest BCUT2D eigenvalue weighted by Gasteiger charge is 2.16. The van der Waals surface area contributed by atoms with Crippen molar-refractivity contribution >= 4 is 27.3 Å². The summed E-state index contributed by atoms with van der Waals surface area (Å²) in [4.78, 5) is 31.7. The number of ether oxygens (including phenoxy) is 2. The zero-order valence-electron chi connectivity index (χ0n) is 15.9. The van der Waals surface area contributed by atoms with E-state index in [1.807, 2.05) is 36.4 Å². The van der Waals surface area contributed by atoms with Crippen molar-refractivity contribution in [1.82, 2.24) is 9.55 Å². The molecule has 0 spiro atoms. The van der Waals surface area contributed by atoms with Gasteiger partial charge in [-0.25, -0.2) is 4.98 Å². The topological polar surface area (TPSA) is 70.4 Å². The van der Waals surface area contributed by atoms with Crippen LogP contribution in [0.3, 0.4) is 0 Å². The van der Waals surface area contributed by atoms with E-state index in [9.17, 15) is 9.59 Å². The first-order valence-electron chi connectivity index (χ1n) is 8.90. The Kier molecular flexibility index (Phi) is 5.14. The molecule has 146 valence electrons. The van der Waals surface area contributed by atoms with Crippen LogP contribution in [0.2, 0.25) is 0 Å². The van der Waals surface area contributed by atoms with Crippen LogP contribution in [0.1, 0.15) is 10.4 Å². The van der Waals surface area contributed by atoms with Gasteiger partial charge < -0.3 is 9.47 Å². The van der Waals surface area contributed by atoms with Gasteiger partial charge in [-0.15, -0.1) is 11.3 Å². The Labute approximate surface area is 171 Å². The van der Waals surface area contributed by atoms with Gasteiger partial charge in [0.2, 0.25) is 0 Å². The number of methoxy groups -OCH3 is 2. The molecule has 0 bridgehead atoms. The van der Waals surface area contributed by atoms with Crippen molar-refractivity contribution in [2.24, 2.45) is 0 Å². The lowest BCUT2D eigenvalue weighted by Crippen LogP contribution is -2.24. The van der Waals surface area contributed by atoms with Crippen LogP contribution in [0, 0.1) is 0 Å². The molecule has 4 aromatic rings. The Bertz CT molecular complexity index is 1240. The van der Waals surface area contributed by atoms with Crippen LogP contribution in [0.5, 0.6) is 11.5 Å². The van der Waals surface area contributed by atoms with E-state index in [1.54, 1.807) is 25.3 Å². The van der Waals surface area contributed by atoms with Gasteiger partial charge in [-0.3, -0.25) is 14.2 Å². The number of Topliss-reactive ketones (excluding diaryl/α,β-unsaturated/α-hetero) is 1. The number of hydrogen-bond donors (Lipinski definition) is 0. The molecule has 6 nitrogen and oxygen atoms in total. The fourth-order valence-corrected chi connectivity index (χ4v) is 4.08. The van der Waals surface area contributed by atoms with Crippen LogP contribution in [-0.2, 0) is 6.54 Å². The van der Waals surface area contributed by atoms with E-state index in [1.165, 1.54) is 29.3 Å². The lowest BCUT2D eigenvalue weighted by atomic mass is 10.1. The molecule has 0 aliphatic heterocycles. The number of benzene rings is 2. The monoisotopic (exact) mass is 406 g/mol. The summed E-state index contributed by atoms with van der Waals surface area (Å²) in [7, 11) is 3.03. The predicted molar refractivity (Wildman–Crippen MR) is 113 cm³/mol. The molecule has 2 heterocycles. The fourth-order valence-electron chi connectivity index (χ4n) is 3.09. The second-order valence-electron chi connectivity index (χ2n) is 6.36. The van der Waals surface area contributed by atoms with Gasteiger partial charge in [-0.1, -0.05) is 30.3 Å². The van der Waals surface area contributed by atoms with Crippen LogP contribution in [0.25, 0.3) is 20.7 Å². The average molecular weight is 406 g/mol. The smallest absolute Gasteiger partial charge is 0.262 e. The summed E-state index contributed by atoms with van der Waals surface area (Å²) in [5, 5.41) is 0.505. The number of carbonyl (C=O) groups excluding carboxylic acids is 1. The summed E-state index contributed by atoms with van der Waals surface area (Å²) >= 11 is 1.46. The Hall–Kier alpha value is -3.45. The van der Waals surface area contributed by atoms with Crippen molar-refractivity contribution in [2.45, 2.75) is 6.54 Å². The second-order valence-corrected chi connectivity index (χ2v) is 7.39. The van der Waals surface area contributed by atoms with Crippen molar-refractivity contribution < 1.29 is 14.3 Å². The molecular formula is C22H18N2O4S. The highest BCUT2D eigenvalue weighted by atomic mass is 32.1. The molecular weight excluding hydrogens is 388 g/mol. The van der Waals surface area contributed by atoms with Crippen LogP contribution in [-0.4, -0.2) is 29.6 Å². The van der Waals surface area contributed by atoms with Gasteiger partial charge in [0.1, 0.15) is 16.3 Å². The Morgan fingerprint density at radius 3 is 2.59 bits per heavy atom. The lowest BCUT2D eigenvalue weighted by Gasteiger charge is -2.10. The lowest BCUT2D eigenvalue weighted by molar-refractivity contribution is 0.0967.